The molecule has 0 radical (unpaired) electrons. The largest absolute Gasteiger partial charge is 0.380 e. The first-order valence-electron chi connectivity index (χ1n) is 7.08. The second-order valence-electron chi connectivity index (χ2n) is 6.35. The van der Waals surface area contributed by atoms with E-state index in [1.807, 2.05) is 0 Å². The van der Waals surface area contributed by atoms with Gasteiger partial charge in [-0.1, -0.05) is 6.08 Å². The van der Waals surface area contributed by atoms with E-state index in [-0.39, 0.29) is 5.54 Å². The van der Waals surface area contributed by atoms with Crippen LogP contribution in [0.2, 0.25) is 0 Å². The fourth-order valence-electron chi connectivity index (χ4n) is 2.28. The van der Waals surface area contributed by atoms with Gasteiger partial charge in [-0.05, 0) is 52.7 Å². The zero-order valence-electron chi connectivity index (χ0n) is 12.8. The molecule has 0 saturated carbocycles. The van der Waals surface area contributed by atoms with Gasteiger partial charge in [0.1, 0.15) is 0 Å². The zero-order valence-corrected chi connectivity index (χ0v) is 12.8. The Morgan fingerprint density at radius 3 is 2.67 bits per heavy atom. The number of hydrogen-bond acceptors (Lipinski definition) is 3. The molecule has 0 fully saturated rings. The molecule has 0 amide bonds. The van der Waals surface area contributed by atoms with Gasteiger partial charge in [-0.2, -0.15) is 0 Å². The summed E-state index contributed by atoms with van der Waals surface area (Å²) >= 11 is 0. The lowest BCUT2D eigenvalue weighted by molar-refractivity contribution is 0.188. The van der Waals surface area contributed by atoms with Crippen molar-refractivity contribution in [2.24, 2.45) is 0 Å². The van der Waals surface area contributed by atoms with Crippen LogP contribution in [0.4, 0.5) is 0 Å². The highest BCUT2D eigenvalue weighted by Crippen LogP contribution is 2.15. The number of methoxy groups -OCH3 is 1. The summed E-state index contributed by atoms with van der Waals surface area (Å²) in [4.78, 5) is 2.56. The van der Waals surface area contributed by atoms with Gasteiger partial charge in [-0.15, -0.1) is 0 Å². The zero-order chi connectivity index (χ0) is 13.6. The number of nitrogens with zero attached hydrogens (tertiary/aromatic N) is 1. The third-order valence-electron chi connectivity index (χ3n) is 3.51. The minimum atomic E-state index is 0.229. The summed E-state index contributed by atoms with van der Waals surface area (Å²) in [6.07, 6.45) is 4.70. The molecule has 3 heteroatoms. The quantitative estimate of drug-likeness (QED) is 0.737. The van der Waals surface area contributed by atoms with Crippen LogP contribution < -0.4 is 5.32 Å². The van der Waals surface area contributed by atoms with Gasteiger partial charge in [-0.25, -0.2) is 0 Å². The van der Waals surface area contributed by atoms with Gasteiger partial charge in [0, 0.05) is 31.8 Å². The van der Waals surface area contributed by atoms with Gasteiger partial charge in [0.2, 0.25) is 0 Å². The molecule has 106 valence electrons. The Morgan fingerprint density at radius 1 is 1.44 bits per heavy atom. The van der Waals surface area contributed by atoms with Gasteiger partial charge < -0.3 is 10.1 Å². The molecule has 0 saturated heterocycles. The SMILES string of the molecule is COCC1=CCN(C(C)CCNC(C)(C)C)CC1. The number of nitrogens with one attached hydrogen (secondary N) is 1. The summed E-state index contributed by atoms with van der Waals surface area (Å²) in [5, 5.41) is 3.56. The maximum absolute atomic E-state index is 5.18. The van der Waals surface area contributed by atoms with Crippen LogP contribution in [0, 0.1) is 0 Å². The first-order valence-corrected chi connectivity index (χ1v) is 7.08. The number of hydrogen-bond donors (Lipinski definition) is 1. The minimum absolute atomic E-state index is 0.229. The highest BCUT2D eigenvalue weighted by Gasteiger charge is 2.17. The normalized spacial score (nSPS) is 19.7. The fourth-order valence-corrected chi connectivity index (χ4v) is 2.28. The van der Waals surface area contributed by atoms with Crippen LogP contribution in [0.25, 0.3) is 0 Å². The molecule has 0 aromatic rings. The summed E-state index contributed by atoms with van der Waals surface area (Å²) in [6, 6.07) is 0.653. The predicted octanol–water partition coefficient (Wildman–Crippen LogP) is 2.43. The van der Waals surface area contributed by atoms with Crippen molar-refractivity contribution in [2.45, 2.75) is 52.1 Å². The molecule has 1 unspecified atom stereocenters. The molecular formula is C15H30N2O. The molecule has 1 atom stereocenters. The van der Waals surface area contributed by atoms with Crippen LogP contribution in [0.15, 0.2) is 11.6 Å². The average molecular weight is 254 g/mol. The van der Waals surface area contributed by atoms with E-state index in [4.69, 9.17) is 4.74 Å². The maximum atomic E-state index is 5.18. The van der Waals surface area contributed by atoms with Crippen molar-refractivity contribution in [3.05, 3.63) is 11.6 Å². The fraction of sp³-hybridized carbons (Fsp3) is 0.867. The van der Waals surface area contributed by atoms with Gasteiger partial charge >= 0.3 is 0 Å². The van der Waals surface area contributed by atoms with Gasteiger partial charge in [0.05, 0.1) is 6.61 Å². The molecule has 1 aliphatic heterocycles. The first kappa shape index (κ1) is 15.7. The number of ether oxygens (including phenoxy) is 1. The highest BCUT2D eigenvalue weighted by molar-refractivity contribution is 5.08. The summed E-state index contributed by atoms with van der Waals surface area (Å²) in [5.74, 6) is 0. The van der Waals surface area contributed by atoms with Crippen LogP contribution in [0.1, 0.15) is 40.5 Å². The molecule has 3 nitrogen and oxygen atoms in total. The summed E-state index contributed by atoms with van der Waals surface area (Å²) < 4.78 is 5.18. The highest BCUT2D eigenvalue weighted by atomic mass is 16.5. The van der Waals surface area contributed by atoms with Crippen LogP contribution in [-0.2, 0) is 4.74 Å². The van der Waals surface area contributed by atoms with Crippen molar-refractivity contribution < 1.29 is 4.74 Å². The first-order chi connectivity index (χ1) is 8.42. The third kappa shape index (κ3) is 5.98. The van der Waals surface area contributed by atoms with E-state index in [1.54, 1.807) is 7.11 Å². The van der Waals surface area contributed by atoms with E-state index in [2.05, 4.69) is 44.0 Å². The van der Waals surface area contributed by atoms with Gasteiger partial charge in [0.25, 0.3) is 0 Å². The molecule has 0 aliphatic carbocycles. The van der Waals surface area contributed by atoms with Crippen LogP contribution in [0.5, 0.6) is 0 Å². The Labute approximate surface area is 113 Å². The average Bonchev–Trinajstić information content (AvgIpc) is 2.28. The van der Waals surface area contributed by atoms with Crippen LogP contribution >= 0.6 is 0 Å². The van der Waals surface area contributed by atoms with Gasteiger partial charge in [-0.3, -0.25) is 4.90 Å². The Bertz CT molecular complexity index is 268. The van der Waals surface area contributed by atoms with E-state index in [0.717, 1.165) is 26.1 Å². The molecule has 1 N–H and O–H groups in total. The topological polar surface area (TPSA) is 24.5 Å². The molecule has 0 spiro atoms. The molecule has 1 rings (SSSR count). The molecule has 0 aromatic carbocycles. The molecule has 1 aliphatic rings. The molecule has 1 heterocycles. The summed E-state index contributed by atoms with van der Waals surface area (Å²) in [6.45, 7) is 13.1. The lowest BCUT2D eigenvalue weighted by Crippen LogP contribution is -2.42. The summed E-state index contributed by atoms with van der Waals surface area (Å²) in [7, 11) is 1.77. The number of rotatable bonds is 6. The van der Waals surface area contributed by atoms with E-state index >= 15 is 0 Å². The van der Waals surface area contributed by atoms with E-state index in [0.29, 0.717) is 6.04 Å². The standard InChI is InChI=1S/C15H30N2O/c1-13(6-9-16-15(2,3)4)17-10-7-14(8-11-17)12-18-5/h7,13,16H,6,8-12H2,1-5H3. The Hall–Kier alpha value is -0.380. The monoisotopic (exact) mass is 254 g/mol. The van der Waals surface area contributed by atoms with E-state index < -0.39 is 0 Å². The summed E-state index contributed by atoms with van der Waals surface area (Å²) in [5.41, 5.74) is 1.68. The van der Waals surface area contributed by atoms with Crippen molar-refractivity contribution in [2.75, 3.05) is 33.4 Å². The minimum Gasteiger partial charge on any atom is -0.380 e. The second-order valence-corrected chi connectivity index (χ2v) is 6.35. The lowest BCUT2D eigenvalue weighted by Gasteiger charge is -2.32. The molecule has 18 heavy (non-hydrogen) atoms. The van der Waals surface area contributed by atoms with Crippen molar-refractivity contribution in [1.82, 2.24) is 10.2 Å². The molecule has 0 bridgehead atoms. The predicted molar refractivity (Wildman–Crippen MR) is 78.0 cm³/mol. The second kappa shape index (κ2) is 7.27. The smallest absolute Gasteiger partial charge is 0.0673 e. The molecular weight excluding hydrogens is 224 g/mol. The van der Waals surface area contributed by atoms with E-state index in [1.165, 1.54) is 18.5 Å². The van der Waals surface area contributed by atoms with Crippen molar-refractivity contribution in [1.29, 1.82) is 0 Å². The van der Waals surface area contributed by atoms with Gasteiger partial charge in [0.15, 0.2) is 0 Å². The van der Waals surface area contributed by atoms with Crippen molar-refractivity contribution in [3.63, 3.8) is 0 Å². The maximum Gasteiger partial charge on any atom is 0.0673 e. The van der Waals surface area contributed by atoms with Crippen LogP contribution in [-0.4, -0.2) is 49.8 Å². The van der Waals surface area contributed by atoms with Crippen molar-refractivity contribution in [3.8, 4) is 0 Å². The Kier molecular flexibility index (Phi) is 6.33. The van der Waals surface area contributed by atoms with Crippen LogP contribution in [0.3, 0.4) is 0 Å². The Balaban J connectivity index is 2.25. The third-order valence-corrected chi connectivity index (χ3v) is 3.51. The molecule has 0 aromatic heterocycles. The van der Waals surface area contributed by atoms with Crippen molar-refractivity contribution >= 4 is 0 Å². The van der Waals surface area contributed by atoms with E-state index in [9.17, 15) is 0 Å². The Morgan fingerprint density at radius 2 is 2.17 bits per heavy atom. The lowest BCUT2D eigenvalue weighted by atomic mass is 10.1.